The van der Waals surface area contributed by atoms with Gasteiger partial charge < -0.3 is 25.2 Å². The Bertz CT molecular complexity index is 2410. The number of aldehydes is 1. The normalized spacial score (nSPS) is 11.6. The molecule has 0 aliphatic heterocycles. The second kappa shape index (κ2) is 18.7. The SMILES string of the molecule is CC(C)(C)C(=O)Nc1cnc(F)c(Br)n1.COc1cnc2ccc(C(O)c3cc(NC(=O)C(C)(C)C)ccc3F)cc2n1.COc1cnc2ccc(C=O)cc2n1. The number of methoxy groups -OCH3 is 2. The van der Waals surface area contributed by atoms with Gasteiger partial charge in [0.05, 0.1) is 54.9 Å². The Morgan fingerprint density at radius 2 is 1.30 bits per heavy atom. The van der Waals surface area contributed by atoms with Gasteiger partial charge in [-0.05, 0) is 70.0 Å². The van der Waals surface area contributed by atoms with Gasteiger partial charge in [-0.2, -0.15) is 4.39 Å². The first-order valence-corrected chi connectivity index (χ1v) is 18.0. The number of rotatable bonds is 7. The first kappa shape index (κ1) is 43.7. The number of fused-ring (bicyclic) bond motifs is 2. The molecule has 0 aliphatic rings. The van der Waals surface area contributed by atoms with Crippen molar-refractivity contribution in [2.75, 3.05) is 24.9 Å². The van der Waals surface area contributed by atoms with Crippen molar-refractivity contribution in [2.45, 2.75) is 47.6 Å². The summed E-state index contributed by atoms with van der Waals surface area (Å²) in [5, 5.41) is 16.0. The van der Waals surface area contributed by atoms with Crippen molar-refractivity contribution in [2.24, 2.45) is 10.8 Å². The number of hydrogen-bond acceptors (Lipinski definition) is 12. The lowest BCUT2D eigenvalue weighted by atomic mass is 9.95. The zero-order chi connectivity index (χ0) is 42.1. The number of amides is 2. The summed E-state index contributed by atoms with van der Waals surface area (Å²) >= 11 is 2.89. The molecule has 0 bridgehead atoms. The van der Waals surface area contributed by atoms with Crippen molar-refractivity contribution in [3.05, 3.63) is 106 Å². The molecule has 0 spiro atoms. The van der Waals surface area contributed by atoms with Crippen LogP contribution >= 0.6 is 15.9 Å². The highest BCUT2D eigenvalue weighted by molar-refractivity contribution is 9.10. The van der Waals surface area contributed by atoms with Crippen molar-refractivity contribution in [3.8, 4) is 11.8 Å². The van der Waals surface area contributed by atoms with E-state index in [-0.39, 0.29) is 27.8 Å². The molecule has 3 heterocycles. The molecular weight excluding hydrogens is 806 g/mol. The lowest BCUT2D eigenvalue weighted by molar-refractivity contribution is -0.123. The largest absolute Gasteiger partial charge is 0.480 e. The number of nitrogens with zero attached hydrogens (tertiary/aromatic N) is 6. The topological polar surface area (TPSA) is 191 Å². The third-order valence-corrected chi connectivity index (χ3v) is 8.30. The quantitative estimate of drug-likeness (QED) is 0.133. The van der Waals surface area contributed by atoms with Crippen LogP contribution in [0.4, 0.5) is 20.3 Å². The van der Waals surface area contributed by atoms with Crippen LogP contribution in [0.15, 0.2) is 77.8 Å². The van der Waals surface area contributed by atoms with E-state index < -0.39 is 28.7 Å². The molecule has 0 saturated carbocycles. The summed E-state index contributed by atoms with van der Waals surface area (Å²) in [5.74, 6) is -0.661. The molecule has 14 nitrogen and oxygen atoms in total. The van der Waals surface area contributed by atoms with Gasteiger partial charge in [-0.1, -0.05) is 47.6 Å². The van der Waals surface area contributed by atoms with E-state index in [1.807, 2.05) is 0 Å². The fraction of sp³-hybridized carbons (Fsp3) is 0.275. The zero-order valence-electron chi connectivity index (χ0n) is 32.4. The Hall–Kier alpha value is -6.07. The average Bonchev–Trinajstić information content (AvgIpc) is 3.18. The third-order valence-electron chi connectivity index (χ3n) is 7.80. The molecule has 3 aromatic carbocycles. The van der Waals surface area contributed by atoms with Crippen LogP contribution in [0.3, 0.4) is 0 Å². The smallest absolute Gasteiger partial charge is 0.246 e. The first-order chi connectivity index (χ1) is 26.8. The summed E-state index contributed by atoms with van der Waals surface area (Å²) < 4.78 is 37.1. The molecule has 6 rings (SSSR count). The summed E-state index contributed by atoms with van der Waals surface area (Å²) in [4.78, 5) is 58.2. The lowest BCUT2D eigenvalue weighted by Gasteiger charge is -2.19. The van der Waals surface area contributed by atoms with Crippen LogP contribution < -0.4 is 20.1 Å². The van der Waals surface area contributed by atoms with Crippen LogP contribution in [0, 0.1) is 22.6 Å². The van der Waals surface area contributed by atoms with E-state index in [1.165, 1.54) is 44.8 Å². The minimum atomic E-state index is -1.23. The number of halogens is 3. The minimum absolute atomic E-state index is 0.0193. The molecule has 0 saturated heterocycles. The van der Waals surface area contributed by atoms with Crippen molar-refractivity contribution in [1.29, 1.82) is 0 Å². The fourth-order valence-electron chi connectivity index (χ4n) is 4.51. The second-order valence-corrected chi connectivity index (χ2v) is 15.1. The molecule has 57 heavy (non-hydrogen) atoms. The summed E-state index contributed by atoms with van der Waals surface area (Å²) in [6.45, 7) is 10.7. The van der Waals surface area contributed by atoms with Gasteiger partial charge >= 0.3 is 0 Å². The number of hydrogen-bond donors (Lipinski definition) is 3. The van der Waals surface area contributed by atoms with Crippen LogP contribution in [0.25, 0.3) is 22.1 Å². The number of benzene rings is 3. The van der Waals surface area contributed by atoms with E-state index in [9.17, 15) is 28.3 Å². The van der Waals surface area contributed by atoms with E-state index in [0.29, 0.717) is 45.1 Å². The van der Waals surface area contributed by atoms with Gasteiger partial charge in [0.1, 0.15) is 18.2 Å². The monoisotopic (exact) mass is 846 g/mol. The number of aliphatic hydroxyl groups excluding tert-OH is 1. The number of anilines is 2. The predicted molar refractivity (Wildman–Crippen MR) is 214 cm³/mol. The van der Waals surface area contributed by atoms with Crippen LogP contribution in [-0.4, -0.2) is 67.3 Å². The number of nitrogens with one attached hydrogen (secondary N) is 2. The van der Waals surface area contributed by atoms with Crippen LogP contribution in [-0.2, 0) is 9.59 Å². The third kappa shape index (κ3) is 12.0. The maximum atomic E-state index is 14.4. The van der Waals surface area contributed by atoms with Gasteiger partial charge in [0.25, 0.3) is 0 Å². The Morgan fingerprint density at radius 3 is 1.84 bits per heavy atom. The molecule has 17 heteroatoms. The fourth-order valence-corrected chi connectivity index (χ4v) is 4.80. The zero-order valence-corrected chi connectivity index (χ0v) is 34.0. The molecular formula is C40H41BrF2N8O6. The molecule has 3 N–H and O–H groups in total. The molecule has 2 amide bonds. The first-order valence-electron chi connectivity index (χ1n) is 17.2. The van der Waals surface area contributed by atoms with Gasteiger partial charge in [0.15, 0.2) is 10.4 Å². The van der Waals surface area contributed by atoms with Gasteiger partial charge in [0.2, 0.25) is 29.5 Å². The Morgan fingerprint density at radius 1 is 0.737 bits per heavy atom. The van der Waals surface area contributed by atoms with Crippen LogP contribution in [0.1, 0.15) is 69.1 Å². The van der Waals surface area contributed by atoms with Gasteiger partial charge in [-0.15, -0.1) is 0 Å². The molecule has 0 aliphatic carbocycles. The molecule has 1 atom stereocenters. The van der Waals surface area contributed by atoms with Crippen molar-refractivity contribution >= 4 is 67.6 Å². The highest BCUT2D eigenvalue weighted by atomic mass is 79.9. The molecule has 3 aromatic heterocycles. The van der Waals surface area contributed by atoms with E-state index in [1.54, 1.807) is 84.1 Å². The van der Waals surface area contributed by atoms with Gasteiger partial charge in [-0.3, -0.25) is 14.4 Å². The van der Waals surface area contributed by atoms with Crippen LogP contribution in [0.2, 0.25) is 0 Å². The highest BCUT2D eigenvalue weighted by Crippen LogP contribution is 2.29. The number of aromatic nitrogens is 6. The Balaban J connectivity index is 0.000000209. The lowest BCUT2D eigenvalue weighted by Crippen LogP contribution is -2.28. The van der Waals surface area contributed by atoms with Crippen molar-refractivity contribution in [1.82, 2.24) is 29.9 Å². The second-order valence-electron chi connectivity index (χ2n) is 14.3. The molecule has 0 fully saturated rings. The summed E-state index contributed by atoms with van der Waals surface area (Å²) in [5.41, 5.74) is 2.95. The van der Waals surface area contributed by atoms with E-state index >= 15 is 0 Å². The minimum Gasteiger partial charge on any atom is -0.480 e. The van der Waals surface area contributed by atoms with Gasteiger partial charge in [-0.25, -0.2) is 34.3 Å². The number of ether oxygens (including phenoxy) is 2. The maximum absolute atomic E-state index is 14.4. The van der Waals surface area contributed by atoms with Crippen molar-refractivity contribution in [3.63, 3.8) is 0 Å². The number of aliphatic hydroxyl groups is 1. The number of carbonyl (C=O) groups is 3. The summed E-state index contributed by atoms with van der Waals surface area (Å²) in [6.07, 6.45) is 3.76. The Labute approximate surface area is 335 Å². The average molecular weight is 848 g/mol. The van der Waals surface area contributed by atoms with Crippen molar-refractivity contribution < 1.29 is 37.7 Å². The van der Waals surface area contributed by atoms with Gasteiger partial charge in [0, 0.05) is 27.6 Å². The number of carbonyl (C=O) groups excluding carboxylic acids is 3. The standard InChI is InChI=1S/C21H22FN3O3.C10H8N2O2.C9H11BrFN3O/c1-21(2,3)20(27)24-13-6-7-15(22)14(10-13)19(26)12-5-8-16-17(9-12)25-18(28-4)11-23-16;1-14-10-5-11-8-3-2-7(6-13)4-9(8)12-10;1-9(2,3)8(15)14-5-4-12-7(11)6(10)13-5/h5-11,19,26H,1-4H3,(H,24,27);2-6H,1H3;4H,1-3H3,(H,13,14,15). The molecule has 298 valence electrons. The predicted octanol–water partition coefficient (Wildman–Crippen LogP) is 7.66. The Kier molecular flexibility index (Phi) is 14.3. The molecule has 6 aromatic rings. The van der Waals surface area contributed by atoms with Crippen LogP contribution in [0.5, 0.6) is 11.8 Å². The maximum Gasteiger partial charge on any atom is 0.246 e. The van der Waals surface area contributed by atoms with E-state index in [4.69, 9.17) is 9.47 Å². The highest BCUT2D eigenvalue weighted by Gasteiger charge is 2.23. The summed E-state index contributed by atoms with van der Waals surface area (Å²) in [7, 11) is 3.01. The molecule has 0 radical (unpaired) electrons. The molecule has 1 unspecified atom stereocenters. The van der Waals surface area contributed by atoms with E-state index in [0.717, 1.165) is 11.8 Å². The summed E-state index contributed by atoms with van der Waals surface area (Å²) in [6, 6.07) is 14.3. The van der Waals surface area contributed by atoms with E-state index in [2.05, 4.69) is 56.5 Å².